The van der Waals surface area contributed by atoms with Crippen molar-refractivity contribution in [3.8, 4) is 0 Å². The molecule has 0 aliphatic carbocycles. The number of pyridine rings is 1. The summed E-state index contributed by atoms with van der Waals surface area (Å²) in [6, 6.07) is 1.77. The molecule has 0 atom stereocenters. The van der Waals surface area contributed by atoms with Gasteiger partial charge in [-0.2, -0.15) is 0 Å². The first-order valence-electron chi connectivity index (χ1n) is 5.34. The molecule has 0 radical (unpaired) electrons. The molecule has 94 valence electrons. The molecule has 1 heterocycles. The van der Waals surface area contributed by atoms with Gasteiger partial charge in [0.15, 0.2) is 0 Å². The second-order valence-corrected chi connectivity index (χ2v) is 5.14. The van der Waals surface area contributed by atoms with Crippen LogP contribution in [0.2, 0.25) is 5.15 Å². The van der Waals surface area contributed by atoms with Crippen LogP contribution in [-0.2, 0) is 9.53 Å². The molecule has 17 heavy (non-hydrogen) atoms. The van der Waals surface area contributed by atoms with Crippen molar-refractivity contribution >= 4 is 23.2 Å². The summed E-state index contributed by atoms with van der Waals surface area (Å²) in [5.41, 5.74) is 1.11. The first-order chi connectivity index (χ1) is 7.78. The zero-order valence-electron chi connectivity index (χ0n) is 10.5. The van der Waals surface area contributed by atoms with Crippen molar-refractivity contribution < 1.29 is 9.53 Å². The van der Waals surface area contributed by atoms with E-state index in [1.54, 1.807) is 6.07 Å². The minimum Gasteiger partial charge on any atom is -0.366 e. The largest absolute Gasteiger partial charge is 0.366 e. The number of carbonyl (C=O) groups is 1. The Balaban J connectivity index is 2.54. The number of anilines is 1. The van der Waals surface area contributed by atoms with Gasteiger partial charge in [0.25, 0.3) is 0 Å². The lowest BCUT2D eigenvalue weighted by Gasteiger charge is -2.19. The van der Waals surface area contributed by atoms with Crippen LogP contribution in [0, 0.1) is 6.92 Å². The van der Waals surface area contributed by atoms with Crippen molar-refractivity contribution in [2.24, 2.45) is 0 Å². The summed E-state index contributed by atoms with van der Waals surface area (Å²) in [5, 5.41) is 3.14. The van der Waals surface area contributed by atoms with Crippen LogP contribution in [0.3, 0.4) is 0 Å². The zero-order chi connectivity index (χ0) is 13.1. The fourth-order valence-corrected chi connectivity index (χ4v) is 1.21. The first kappa shape index (κ1) is 13.9. The third kappa shape index (κ3) is 5.15. The van der Waals surface area contributed by atoms with E-state index >= 15 is 0 Å². The van der Waals surface area contributed by atoms with Gasteiger partial charge in [-0.05, 0) is 39.3 Å². The molecule has 0 saturated carbocycles. The molecule has 0 spiro atoms. The van der Waals surface area contributed by atoms with Gasteiger partial charge in [0.1, 0.15) is 11.8 Å². The highest BCUT2D eigenvalue weighted by atomic mass is 35.5. The van der Waals surface area contributed by atoms with Crippen LogP contribution in [0.25, 0.3) is 0 Å². The second-order valence-electron chi connectivity index (χ2n) is 4.78. The van der Waals surface area contributed by atoms with Crippen molar-refractivity contribution in [3.63, 3.8) is 0 Å². The maximum Gasteiger partial charge on any atom is 0.250 e. The molecule has 1 N–H and O–H groups in total. The zero-order valence-corrected chi connectivity index (χ0v) is 11.3. The minimum atomic E-state index is -0.328. The van der Waals surface area contributed by atoms with Crippen LogP contribution in [-0.4, -0.2) is 23.1 Å². The normalized spacial score (nSPS) is 11.4. The van der Waals surface area contributed by atoms with Gasteiger partial charge in [-0.25, -0.2) is 4.98 Å². The molecule has 0 aliphatic rings. The maximum absolute atomic E-state index is 11.6. The minimum absolute atomic E-state index is 0.0190. The van der Waals surface area contributed by atoms with Crippen LogP contribution in [0.4, 0.5) is 5.69 Å². The number of aromatic nitrogens is 1. The molecule has 1 aromatic heterocycles. The number of ether oxygens (including phenoxy) is 1. The Morgan fingerprint density at radius 2 is 2.18 bits per heavy atom. The average Bonchev–Trinajstić information content (AvgIpc) is 2.20. The van der Waals surface area contributed by atoms with Crippen LogP contribution in [0.5, 0.6) is 0 Å². The highest BCUT2D eigenvalue weighted by Gasteiger charge is 2.13. The quantitative estimate of drug-likeness (QED) is 0.846. The molecule has 0 fully saturated rings. The fraction of sp³-hybridized carbons (Fsp3) is 0.500. The van der Waals surface area contributed by atoms with Crippen molar-refractivity contribution in [2.45, 2.75) is 33.3 Å². The number of aryl methyl sites for hydroxylation is 1. The summed E-state index contributed by atoms with van der Waals surface area (Å²) in [4.78, 5) is 15.5. The predicted octanol–water partition coefficient (Wildman–Crippen LogP) is 2.80. The van der Waals surface area contributed by atoms with E-state index < -0.39 is 0 Å². The number of amides is 1. The van der Waals surface area contributed by atoms with E-state index in [1.807, 2.05) is 27.7 Å². The molecule has 0 unspecified atom stereocenters. The lowest BCUT2D eigenvalue weighted by atomic mass is 10.2. The third-order valence-corrected chi connectivity index (χ3v) is 2.33. The summed E-state index contributed by atoms with van der Waals surface area (Å²) in [6.45, 7) is 7.54. The summed E-state index contributed by atoms with van der Waals surface area (Å²) < 4.78 is 5.36. The number of carbonyl (C=O) groups excluding carboxylic acids is 1. The molecule has 0 bridgehead atoms. The SMILES string of the molecule is Cc1cc(NC(=O)COC(C)(C)C)cnc1Cl. The molecule has 1 aromatic rings. The summed E-state index contributed by atoms with van der Waals surface area (Å²) in [7, 11) is 0. The van der Waals surface area contributed by atoms with E-state index in [-0.39, 0.29) is 18.1 Å². The van der Waals surface area contributed by atoms with E-state index in [2.05, 4.69) is 10.3 Å². The number of hydrogen-bond acceptors (Lipinski definition) is 3. The lowest BCUT2D eigenvalue weighted by Crippen LogP contribution is -2.27. The molecule has 5 heteroatoms. The molecule has 0 saturated heterocycles. The van der Waals surface area contributed by atoms with Crippen LogP contribution in [0.1, 0.15) is 26.3 Å². The molecule has 4 nitrogen and oxygen atoms in total. The van der Waals surface area contributed by atoms with Gasteiger partial charge < -0.3 is 10.1 Å². The average molecular weight is 257 g/mol. The van der Waals surface area contributed by atoms with Crippen LogP contribution >= 0.6 is 11.6 Å². The predicted molar refractivity (Wildman–Crippen MR) is 68.3 cm³/mol. The summed E-state index contributed by atoms with van der Waals surface area (Å²) >= 11 is 5.79. The third-order valence-electron chi connectivity index (χ3n) is 1.93. The monoisotopic (exact) mass is 256 g/mol. The Hall–Kier alpha value is -1.13. The Labute approximate surface area is 106 Å². The summed E-state index contributed by atoms with van der Waals surface area (Å²) in [6.07, 6.45) is 1.52. The van der Waals surface area contributed by atoms with E-state index in [0.29, 0.717) is 10.8 Å². The van der Waals surface area contributed by atoms with Crippen molar-refractivity contribution in [1.82, 2.24) is 4.98 Å². The van der Waals surface area contributed by atoms with Gasteiger partial charge in [-0.1, -0.05) is 11.6 Å². The smallest absolute Gasteiger partial charge is 0.250 e. The number of rotatable bonds is 3. The standard InChI is InChI=1S/C12H17ClN2O2/c1-8-5-9(6-14-11(8)13)15-10(16)7-17-12(2,3)4/h5-6H,7H2,1-4H3,(H,15,16). The van der Waals surface area contributed by atoms with Gasteiger partial charge in [0.05, 0.1) is 17.5 Å². The summed E-state index contributed by atoms with van der Waals surface area (Å²) in [5.74, 6) is -0.205. The van der Waals surface area contributed by atoms with Crippen molar-refractivity contribution in [1.29, 1.82) is 0 Å². The number of halogens is 1. The Bertz CT molecular complexity index is 413. The van der Waals surface area contributed by atoms with Gasteiger partial charge in [0.2, 0.25) is 5.91 Å². The topological polar surface area (TPSA) is 51.2 Å². The van der Waals surface area contributed by atoms with E-state index in [1.165, 1.54) is 6.20 Å². The van der Waals surface area contributed by atoms with Gasteiger partial charge >= 0.3 is 0 Å². The van der Waals surface area contributed by atoms with Crippen molar-refractivity contribution in [3.05, 3.63) is 23.0 Å². The number of hydrogen-bond donors (Lipinski definition) is 1. The number of nitrogens with one attached hydrogen (secondary N) is 1. The first-order valence-corrected chi connectivity index (χ1v) is 5.72. The van der Waals surface area contributed by atoms with Crippen LogP contribution < -0.4 is 5.32 Å². The molecular formula is C12H17ClN2O2. The fourth-order valence-electron chi connectivity index (χ4n) is 1.11. The lowest BCUT2D eigenvalue weighted by molar-refractivity contribution is -0.125. The Morgan fingerprint density at radius 1 is 1.53 bits per heavy atom. The van der Waals surface area contributed by atoms with Gasteiger partial charge in [-0.15, -0.1) is 0 Å². The molecule has 1 amide bonds. The Morgan fingerprint density at radius 3 is 2.71 bits per heavy atom. The molecule has 1 rings (SSSR count). The second kappa shape index (κ2) is 5.47. The molecule has 0 aromatic carbocycles. The maximum atomic E-state index is 11.6. The number of nitrogens with zero attached hydrogens (tertiary/aromatic N) is 1. The van der Waals surface area contributed by atoms with Crippen LogP contribution in [0.15, 0.2) is 12.3 Å². The Kier molecular flexibility index (Phi) is 4.48. The van der Waals surface area contributed by atoms with Gasteiger partial charge in [-0.3, -0.25) is 4.79 Å². The highest BCUT2D eigenvalue weighted by Crippen LogP contribution is 2.16. The molecular weight excluding hydrogens is 240 g/mol. The van der Waals surface area contributed by atoms with E-state index in [0.717, 1.165) is 5.56 Å². The highest BCUT2D eigenvalue weighted by molar-refractivity contribution is 6.30. The van der Waals surface area contributed by atoms with E-state index in [4.69, 9.17) is 16.3 Å². The van der Waals surface area contributed by atoms with E-state index in [9.17, 15) is 4.79 Å². The van der Waals surface area contributed by atoms with Crippen molar-refractivity contribution in [2.75, 3.05) is 11.9 Å². The van der Waals surface area contributed by atoms with Gasteiger partial charge in [0, 0.05) is 0 Å². The molecule has 0 aliphatic heterocycles.